The van der Waals surface area contributed by atoms with Crippen molar-refractivity contribution in [3.8, 4) is 0 Å². The van der Waals surface area contributed by atoms with Gasteiger partial charge in [0.05, 0.1) is 28.9 Å². The van der Waals surface area contributed by atoms with E-state index < -0.39 is 34.5 Å². The lowest BCUT2D eigenvalue weighted by Crippen LogP contribution is -2.50. The molecule has 2 bridgehead atoms. The lowest BCUT2D eigenvalue weighted by atomic mass is 9.81. The lowest BCUT2D eigenvalue weighted by molar-refractivity contribution is -0.385. The van der Waals surface area contributed by atoms with Crippen LogP contribution in [0, 0.1) is 33.8 Å². The van der Waals surface area contributed by atoms with E-state index in [9.17, 15) is 24.5 Å². The third-order valence-electron chi connectivity index (χ3n) is 7.04. The number of nitrogens with zero attached hydrogens (tertiary/aromatic N) is 3. The van der Waals surface area contributed by atoms with E-state index >= 15 is 0 Å². The Balaban J connectivity index is 1.56. The highest BCUT2D eigenvalue weighted by Gasteiger charge is 2.62. The standard InChI is InChI=1S/C23H19Cl2N3O5/c24-16-6-3-12(4-7-16)21(29)26(11-15-5-8-17(25)10-18(15)28(32)33)27-22(30)19-13-1-2-14(9-13)20(19)23(27)31/h3-8,10,13-14,19-20H,1-2,9,11H2/t13-,14-,19-,20-/m0/s1. The maximum atomic E-state index is 13.5. The molecule has 5 rings (SSSR count). The van der Waals surface area contributed by atoms with Crippen molar-refractivity contribution in [2.45, 2.75) is 25.8 Å². The van der Waals surface area contributed by atoms with Crippen molar-refractivity contribution in [3.63, 3.8) is 0 Å². The molecular weight excluding hydrogens is 469 g/mol. The summed E-state index contributed by atoms with van der Waals surface area (Å²) in [5, 5.41) is 14.2. The molecule has 3 aliphatic rings. The Labute approximate surface area is 199 Å². The number of hydrazine groups is 1. The van der Waals surface area contributed by atoms with Crippen molar-refractivity contribution in [2.24, 2.45) is 23.7 Å². The van der Waals surface area contributed by atoms with Gasteiger partial charge in [0.2, 0.25) is 0 Å². The van der Waals surface area contributed by atoms with Gasteiger partial charge in [-0.1, -0.05) is 23.2 Å². The van der Waals surface area contributed by atoms with E-state index in [0.717, 1.165) is 29.3 Å². The van der Waals surface area contributed by atoms with Gasteiger partial charge in [-0.25, -0.2) is 5.01 Å². The Bertz CT molecular complexity index is 1160. The van der Waals surface area contributed by atoms with Crippen LogP contribution < -0.4 is 0 Å². The molecule has 2 aromatic carbocycles. The first-order valence-electron chi connectivity index (χ1n) is 10.6. The van der Waals surface area contributed by atoms with E-state index in [1.807, 2.05) is 0 Å². The molecule has 3 amide bonds. The molecule has 1 saturated heterocycles. The summed E-state index contributed by atoms with van der Waals surface area (Å²) in [7, 11) is 0. The fourth-order valence-electron chi connectivity index (χ4n) is 5.61. The molecule has 170 valence electrons. The maximum absolute atomic E-state index is 13.5. The Kier molecular flexibility index (Phi) is 5.37. The number of nitro benzene ring substituents is 1. The summed E-state index contributed by atoms with van der Waals surface area (Å²) in [6.07, 6.45) is 2.65. The highest BCUT2D eigenvalue weighted by atomic mass is 35.5. The minimum absolute atomic E-state index is 0.138. The van der Waals surface area contributed by atoms with Gasteiger partial charge in [0, 0.05) is 21.7 Å². The van der Waals surface area contributed by atoms with Crippen LogP contribution in [0.25, 0.3) is 0 Å². The predicted octanol–water partition coefficient (Wildman–Crippen LogP) is 4.49. The van der Waals surface area contributed by atoms with Crippen molar-refractivity contribution < 1.29 is 19.3 Å². The number of rotatable bonds is 5. The Morgan fingerprint density at radius 1 is 1.00 bits per heavy atom. The molecule has 8 nitrogen and oxygen atoms in total. The molecule has 10 heteroatoms. The van der Waals surface area contributed by atoms with Crippen LogP contribution in [-0.4, -0.2) is 32.7 Å². The molecule has 0 spiro atoms. The van der Waals surface area contributed by atoms with Gasteiger partial charge in [-0.15, -0.1) is 0 Å². The number of imide groups is 1. The zero-order chi connectivity index (χ0) is 23.4. The average molecular weight is 488 g/mol. The summed E-state index contributed by atoms with van der Waals surface area (Å²) in [5.74, 6) is -2.02. The zero-order valence-corrected chi connectivity index (χ0v) is 18.8. The van der Waals surface area contributed by atoms with Gasteiger partial charge in [-0.3, -0.25) is 24.5 Å². The number of benzene rings is 2. The molecule has 0 aromatic heterocycles. The van der Waals surface area contributed by atoms with Crippen LogP contribution in [0.4, 0.5) is 5.69 Å². The van der Waals surface area contributed by atoms with Gasteiger partial charge < -0.3 is 0 Å². The number of carbonyl (C=O) groups excluding carboxylic acids is 3. The highest BCUT2D eigenvalue weighted by molar-refractivity contribution is 6.31. The lowest BCUT2D eigenvalue weighted by Gasteiger charge is -2.31. The number of hydrogen-bond donors (Lipinski definition) is 0. The average Bonchev–Trinajstić information content (AvgIpc) is 3.47. The van der Waals surface area contributed by atoms with E-state index in [1.165, 1.54) is 42.5 Å². The van der Waals surface area contributed by atoms with Crippen molar-refractivity contribution in [1.82, 2.24) is 10.0 Å². The molecule has 2 aliphatic carbocycles. The molecule has 1 aliphatic heterocycles. The minimum atomic E-state index is -0.620. The predicted molar refractivity (Wildman–Crippen MR) is 119 cm³/mol. The number of carbonyl (C=O) groups is 3. The molecule has 0 unspecified atom stereocenters. The molecular formula is C23H19Cl2N3O5. The monoisotopic (exact) mass is 487 g/mol. The number of fused-ring (bicyclic) bond motifs is 5. The first-order chi connectivity index (χ1) is 15.8. The summed E-state index contributed by atoms with van der Waals surface area (Å²) in [5.41, 5.74) is 0.0692. The number of halogens is 2. The van der Waals surface area contributed by atoms with Crippen LogP contribution in [-0.2, 0) is 16.1 Å². The quantitative estimate of drug-likeness (QED) is 0.351. The van der Waals surface area contributed by atoms with Crippen LogP contribution >= 0.6 is 23.2 Å². The molecule has 2 saturated carbocycles. The zero-order valence-electron chi connectivity index (χ0n) is 17.3. The van der Waals surface area contributed by atoms with Crippen molar-refractivity contribution in [3.05, 3.63) is 73.8 Å². The normalized spacial score (nSPS) is 25.5. The van der Waals surface area contributed by atoms with Crippen LogP contribution in [0.2, 0.25) is 10.0 Å². The summed E-state index contributed by atoms with van der Waals surface area (Å²) in [6.45, 7) is -0.332. The highest BCUT2D eigenvalue weighted by Crippen LogP contribution is 2.56. The topological polar surface area (TPSA) is 101 Å². The second-order valence-corrected chi connectivity index (χ2v) is 9.65. The van der Waals surface area contributed by atoms with E-state index in [-0.39, 0.29) is 40.2 Å². The number of amides is 3. The first-order valence-corrected chi connectivity index (χ1v) is 11.4. The Hall–Kier alpha value is -2.97. The van der Waals surface area contributed by atoms with E-state index in [4.69, 9.17) is 23.2 Å². The van der Waals surface area contributed by atoms with Gasteiger partial charge >= 0.3 is 0 Å². The van der Waals surface area contributed by atoms with Crippen LogP contribution in [0.15, 0.2) is 42.5 Å². The molecule has 0 N–H and O–H groups in total. The number of nitro groups is 1. The fourth-order valence-corrected chi connectivity index (χ4v) is 5.90. The first kappa shape index (κ1) is 21.9. The Morgan fingerprint density at radius 2 is 1.58 bits per heavy atom. The summed E-state index contributed by atoms with van der Waals surface area (Å²) >= 11 is 11.9. The van der Waals surface area contributed by atoms with Gasteiger partial charge in [0.15, 0.2) is 0 Å². The second-order valence-electron chi connectivity index (χ2n) is 8.77. The molecule has 3 fully saturated rings. The third-order valence-corrected chi connectivity index (χ3v) is 7.52. The Morgan fingerprint density at radius 3 is 2.15 bits per heavy atom. The minimum Gasteiger partial charge on any atom is -0.272 e. The van der Waals surface area contributed by atoms with Crippen LogP contribution in [0.3, 0.4) is 0 Å². The van der Waals surface area contributed by atoms with Crippen LogP contribution in [0.1, 0.15) is 35.2 Å². The SMILES string of the molecule is O=C(c1ccc(Cl)cc1)N(Cc1ccc(Cl)cc1[N+](=O)[O-])N1C(=O)[C@H]2[C@H]3CC[C@@H](C3)[C@@H]2C1=O. The largest absolute Gasteiger partial charge is 0.275 e. The second kappa shape index (κ2) is 8.11. The fraction of sp³-hybridized carbons (Fsp3) is 0.348. The summed E-state index contributed by atoms with van der Waals surface area (Å²) in [4.78, 5) is 51.4. The van der Waals surface area contributed by atoms with Crippen LogP contribution in [0.5, 0.6) is 0 Å². The van der Waals surface area contributed by atoms with E-state index in [1.54, 1.807) is 0 Å². The summed E-state index contributed by atoms with van der Waals surface area (Å²) < 4.78 is 0. The van der Waals surface area contributed by atoms with Crippen molar-refractivity contribution >= 4 is 46.6 Å². The van der Waals surface area contributed by atoms with Crippen molar-refractivity contribution in [2.75, 3.05) is 0 Å². The van der Waals surface area contributed by atoms with Gasteiger partial charge in [-0.2, -0.15) is 5.01 Å². The summed E-state index contributed by atoms with van der Waals surface area (Å²) in [6, 6.07) is 10.1. The molecule has 1 heterocycles. The molecule has 0 radical (unpaired) electrons. The van der Waals surface area contributed by atoms with E-state index in [0.29, 0.717) is 5.02 Å². The van der Waals surface area contributed by atoms with Crippen molar-refractivity contribution in [1.29, 1.82) is 0 Å². The number of hydrogen-bond acceptors (Lipinski definition) is 5. The van der Waals surface area contributed by atoms with E-state index in [2.05, 4.69) is 0 Å². The molecule has 2 aromatic rings. The molecule has 4 atom stereocenters. The van der Waals surface area contributed by atoms with Gasteiger partial charge in [0.1, 0.15) is 0 Å². The molecule has 33 heavy (non-hydrogen) atoms. The maximum Gasteiger partial charge on any atom is 0.275 e. The third kappa shape index (κ3) is 3.57. The van der Waals surface area contributed by atoms with Gasteiger partial charge in [-0.05, 0) is 67.5 Å². The van der Waals surface area contributed by atoms with Gasteiger partial charge in [0.25, 0.3) is 23.4 Å². The smallest absolute Gasteiger partial charge is 0.272 e.